The molecule has 1 aliphatic rings. The number of ether oxygens (including phenoxy) is 2. The van der Waals surface area contributed by atoms with E-state index in [0.29, 0.717) is 28.6 Å². The summed E-state index contributed by atoms with van der Waals surface area (Å²) >= 11 is 18.6. The highest BCUT2D eigenvalue weighted by atomic mass is 35.5. The Balaban J connectivity index is 1.61. The quantitative estimate of drug-likeness (QED) is 0.195. The zero-order chi connectivity index (χ0) is 33.4. The van der Waals surface area contributed by atoms with Crippen LogP contribution in [0.2, 0.25) is 15.1 Å². The Morgan fingerprint density at radius 3 is 2.30 bits per heavy atom. The molecule has 3 amide bonds. The summed E-state index contributed by atoms with van der Waals surface area (Å²) in [7, 11) is 1.20. The largest absolute Gasteiger partial charge is 0.467 e. The van der Waals surface area contributed by atoms with Crippen molar-refractivity contribution in [3.05, 3.63) is 105 Å². The number of esters is 1. The Bertz CT molecular complexity index is 1570. The van der Waals surface area contributed by atoms with Gasteiger partial charge in [0, 0.05) is 29.3 Å². The number of nitrogens with one attached hydrogen (secondary N) is 3. The molecule has 3 N–H and O–H groups in total. The molecule has 244 valence electrons. The zero-order valence-corrected chi connectivity index (χ0v) is 27.9. The van der Waals surface area contributed by atoms with E-state index in [0.717, 1.165) is 11.1 Å². The minimum Gasteiger partial charge on any atom is -0.467 e. The van der Waals surface area contributed by atoms with Gasteiger partial charge in [-0.25, -0.2) is 9.59 Å². The van der Waals surface area contributed by atoms with Gasteiger partial charge in [0.1, 0.15) is 18.2 Å². The Labute approximate surface area is 283 Å². The molecule has 0 bridgehead atoms. The molecule has 46 heavy (non-hydrogen) atoms. The molecule has 3 aromatic carbocycles. The van der Waals surface area contributed by atoms with E-state index in [2.05, 4.69) is 16.0 Å². The summed E-state index contributed by atoms with van der Waals surface area (Å²) < 4.78 is 11.0. The third-order valence-electron chi connectivity index (χ3n) is 8.07. The number of rotatable bonds is 12. The molecule has 0 saturated carbocycles. The van der Waals surface area contributed by atoms with Crippen molar-refractivity contribution in [2.45, 2.75) is 56.7 Å². The van der Waals surface area contributed by atoms with Gasteiger partial charge >= 0.3 is 12.1 Å². The monoisotopic (exact) mass is 687 g/mol. The molecule has 0 aromatic heterocycles. The topological polar surface area (TPSA) is 123 Å². The van der Waals surface area contributed by atoms with Gasteiger partial charge in [0.25, 0.3) is 0 Å². The van der Waals surface area contributed by atoms with Crippen LogP contribution in [0.15, 0.2) is 72.8 Å². The lowest BCUT2D eigenvalue weighted by Gasteiger charge is -2.35. The highest BCUT2D eigenvalue weighted by Crippen LogP contribution is 2.40. The van der Waals surface area contributed by atoms with Crippen molar-refractivity contribution < 1.29 is 28.7 Å². The van der Waals surface area contributed by atoms with E-state index in [9.17, 15) is 19.2 Å². The first kappa shape index (κ1) is 35.1. The van der Waals surface area contributed by atoms with Crippen molar-refractivity contribution >= 4 is 58.7 Å². The summed E-state index contributed by atoms with van der Waals surface area (Å²) in [6.45, 7) is 4.35. The lowest BCUT2D eigenvalue weighted by Crippen LogP contribution is -2.53. The van der Waals surface area contributed by atoms with E-state index in [1.165, 1.54) is 7.11 Å². The van der Waals surface area contributed by atoms with E-state index in [1.54, 1.807) is 24.3 Å². The van der Waals surface area contributed by atoms with Crippen molar-refractivity contribution in [2.24, 2.45) is 5.92 Å². The fraction of sp³-hybridized carbons (Fsp3) is 0.353. The predicted octanol–water partition coefficient (Wildman–Crippen LogP) is 6.19. The van der Waals surface area contributed by atoms with Gasteiger partial charge in [-0.3, -0.25) is 9.59 Å². The van der Waals surface area contributed by atoms with Crippen LogP contribution in [0, 0.1) is 5.92 Å². The highest BCUT2D eigenvalue weighted by Gasteiger charge is 2.38. The first-order valence-corrected chi connectivity index (χ1v) is 15.9. The van der Waals surface area contributed by atoms with E-state index < -0.39 is 47.5 Å². The number of halogens is 3. The molecule has 12 heteroatoms. The number of hydrogen-bond donors (Lipinski definition) is 3. The molecule has 1 saturated heterocycles. The minimum absolute atomic E-state index is 0.0106. The van der Waals surface area contributed by atoms with Gasteiger partial charge < -0.3 is 25.4 Å². The smallest absolute Gasteiger partial charge is 0.408 e. The number of methoxy groups -OCH3 is 1. The van der Waals surface area contributed by atoms with E-state index >= 15 is 0 Å². The summed E-state index contributed by atoms with van der Waals surface area (Å²) in [6, 6.07) is 19.1. The average Bonchev–Trinajstić information content (AvgIpc) is 3.44. The van der Waals surface area contributed by atoms with Gasteiger partial charge in [0.15, 0.2) is 0 Å². The summed E-state index contributed by atoms with van der Waals surface area (Å²) in [4.78, 5) is 52.3. The zero-order valence-electron chi connectivity index (χ0n) is 25.6. The van der Waals surface area contributed by atoms with Crippen LogP contribution >= 0.6 is 34.8 Å². The number of carbonyl (C=O) groups is 4. The molecule has 3 aromatic rings. The van der Waals surface area contributed by atoms with Gasteiger partial charge in [-0.05, 0) is 53.8 Å². The molecule has 1 unspecified atom stereocenters. The first-order valence-electron chi connectivity index (χ1n) is 14.8. The van der Waals surface area contributed by atoms with Crippen LogP contribution in [0.1, 0.15) is 49.5 Å². The Kier molecular flexibility index (Phi) is 11.9. The molecular formula is C34H36Cl3N3O6. The maximum Gasteiger partial charge on any atom is 0.408 e. The highest BCUT2D eigenvalue weighted by molar-refractivity contribution is 6.42. The van der Waals surface area contributed by atoms with Crippen LogP contribution in [0.5, 0.6) is 0 Å². The number of amides is 3. The number of carbonyl (C=O) groups excluding carboxylic acids is 4. The molecule has 0 aliphatic carbocycles. The molecule has 1 heterocycles. The van der Waals surface area contributed by atoms with Crippen LogP contribution < -0.4 is 16.0 Å². The van der Waals surface area contributed by atoms with Gasteiger partial charge in [-0.15, -0.1) is 0 Å². The van der Waals surface area contributed by atoms with Crippen molar-refractivity contribution in [1.82, 2.24) is 16.0 Å². The van der Waals surface area contributed by atoms with Gasteiger partial charge in [0.2, 0.25) is 11.8 Å². The Morgan fingerprint density at radius 1 is 0.935 bits per heavy atom. The van der Waals surface area contributed by atoms with Crippen molar-refractivity contribution in [2.75, 3.05) is 13.7 Å². The first-order chi connectivity index (χ1) is 21.9. The van der Waals surface area contributed by atoms with Crippen LogP contribution in [0.25, 0.3) is 0 Å². The molecule has 0 radical (unpaired) electrons. The molecule has 4 rings (SSSR count). The van der Waals surface area contributed by atoms with Crippen LogP contribution in [0.3, 0.4) is 0 Å². The van der Waals surface area contributed by atoms with E-state index in [4.69, 9.17) is 44.3 Å². The molecular weight excluding hydrogens is 653 g/mol. The van der Waals surface area contributed by atoms with Gasteiger partial charge in [-0.1, -0.05) is 97.2 Å². The summed E-state index contributed by atoms with van der Waals surface area (Å²) in [5.41, 5.74) is 1.42. The van der Waals surface area contributed by atoms with Crippen LogP contribution in [0.4, 0.5) is 4.79 Å². The second-order valence-electron chi connectivity index (χ2n) is 11.7. The molecule has 1 fully saturated rings. The third-order valence-corrected chi connectivity index (χ3v) is 9.04. The summed E-state index contributed by atoms with van der Waals surface area (Å²) in [5.74, 6) is -2.07. The maximum atomic E-state index is 13.8. The van der Waals surface area contributed by atoms with Crippen molar-refractivity contribution in [3.63, 3.8) is 0 Å². The fourth-order valence-electron chi connectivity index (χ4n) is 5.48. The molecule has 4 atom stereocenters. The molecule has 0 spiro atoms. The minimum atomic E-state index is -1.21. The summed E-state index contributed by atoms with van der Waals surface area (Å²) in [5, 5.41) is 9.23. The lowest BCUT2D eigenvalue weighted by atomic mass is 9.76. The van der Waals surface area contributed by atoms with Crippen LogP contribution in [-0.4, -0.2) is 49.6 Å². The lowest BCUT2D eigenvalue weighted by molar-refractivity contribution is -0.146. The molecule has 1 aliphatic heterocycles. The fourth-order valence-corrected chi connectivity index (χ4v) is 5.99. The second kappa shape index (κ2) is 15.7. The maximum absolute atomic E-state index is 13.8. The number of hydrogen-bond acceptors (Lipinski definition) is 6. The summed E-state index contributed by atoms with van der Waals surface area (Å²) in [6.07, 6.45) is -1.11. The molecule has 9 nitrogen and oxygen atoms in total. The Hall–Kier alpha value is -3.79. The third kappa shape index (κ3) is 8.93. The van der Waals surface area contributed by atoms with E-state index in [1.807, 2.05) is 62.4 Å². The average molecular weight is 689 g/mol. The normalized spacial score (nSPS) is 16.5. The number of benzene rings is 3. The standard InChI is InChI=1S/C34H36Cl3N3O6/c1-34(2,23-10-7-11-24(35)19-23)29(21-8-5-4-6-9-21)46-33(44)40-27(17-20-12-13-25(36)26(37)16-20)31(42)39-28(32(43)45-3)18-22-14-15-38-30(22)41/h4-13,16,19,22,27-29H,14-15,17-18H2,1-3H3,(H,38,41)(H,39,42)(H,40,44)/t22-,27-,28-,29?/m0/s1. The van der Waals surface area contributed by atoms with Crippen molar-refractivity contribution in [3.8, 4) is 0 Å². The van der Waals surface area contributed by atoms with Crippen LogP contribution in [-0.2, 0) is 35.7 Å². The van der Waals surface area contributed by atoms with Gasteiger partial charge in [-0.2, -0.15) is 0 Å². The van der Waals surface area contributed by atoms with E-state index in [-0.39, 0.29) is 23.8 Å². The van der Waals surface area contributed by atoms with Gasteiger partial charge in [0.05, 0.1) is 17.2 Å². The number of alkyl carbamates (subject to hydrolysis) is 1. The SMILES string of the molecule is COC(=O)[C@H](C[C@@H]1CCNC1=O)NC(=O)[C@H](Cc1ccc(Cl)c(Cl)c1)NC(=O)OC(c1ccccc1)C(C)(C)c1cccc(Cl)c1. The predicted molar refractivity (Wildman–Crippen MR) is 177 cm³/mol. The Morgan fingerprint density at radius 2 is 1.67 bits per heavy atom. The second-order valence-corrected chi connectivity index (χ2v) is 12.9. The van der Waals surface area contributed by atoms with Crippen molar-refractivity contribution in [1.29, 1.82) is 0 Å².